The Bertz CT molecular complexity index is 1510. The third-order valence-corrected chi connectivity index (χ3v) is 6.63. The van der Waals surface area contributed by atoms with Crippen molar-refractivity contribution in [1.82, 2.24) is 24.9 Å². The van der Waals surface area contributed by atoms with Crippen LogP contribution >= 0.6 is 11.6 Å². The molecule has 0 spiro atoms. The lowest BCUT2D eigenvalue weighted by molar-refractivity contribution is 0.0781. The number of aryl methyl sites for hydroxylation is 1. The minimum atomic E-state index is -4.26. The predicted octanol–water partition coefficient (Wildman–Crippen LogP) is 3.84. The number of benzene rings is 1. The predicted molar refractivity (Wildman–Crippen MR) is 127 cm³/mol. The van der Waals surface area contributed by atoms with Gasteiger partial charge in [0.1, 0.15) is 11.5 Å². The number of sulfonamides is 1. The first-order valence-electron chi connectivity index (χ1n) is 10.2. The summed E-state index contributed by atoms with van der Waals surface area (Å²) in [6.07, 6.45) is 1.55. The average Bonchev–Trinajstić information content (AvgIpc) is 3.28. The molecule has 0 saturated heterocycles. The molecule has 11 nitrogen and oxygen atoms in total. The Hall–Kier alpha value is -3.78. The van der Waals surface area contributed by atoms with Crippen molar-refractivity contribution < 1.29 is 31.4 Å². The molecule has 0 bridgehead atoms. The summed E-state index contributed by atoms with van der Waals surface area (Å²) in [7, 11) is -1.86. The number of rotatable bonds is 9. The lowest BCUT2D eigenvalue weighted by Crippen LogP contribution is -2.16. The number of nitrogens with one attached hydrogen (secondary N) is 2. The zero-order valence-corrected chi connectivity index (χ0v) is 20.6. The van der Waals surface area contributed by atoms with Crippen LogP contribution in [0.3, 0.4) is 0 Å². The minimum absolute atomic E-state index is 0.128. The number of hydrogen-bond donors (Lipinski definition) is 2. The number of halogens is 3. The van der Waals surface area contributed by atoms with Crippen LogP contribution in [0.2, 0.25) is 5.02 Å². The van der Waals surface area contributed by atoms with Crippen LogP contribution < -0.4 is 18.9 Å². The minimum Gasteiger partial charge on any atom is -0.478 e. The van der Waals surface area contributed by atoms with Crippen molar-refractivity contribution >= 4 is 38.5 Å². The van der Waals surface area contributed by atoms with Crippen LogP contribution in [-0.2, 0) is 10.0 Å². The average molecular weight is 541 g/mol. The second-order valence-electron chi connectivity index (χ2n) is 7.19. The molecule has 4 aromatic rings. The SMILES string of the molecule is COc1nc(NS(=O)(=O)c2c[nH]c3c(-c4nccnc4C)c(Cl)ccc23)nc(OC)c1OCC(F)F. The van der Waals surface area contributed by atoms with Gasteiger partial charge in [-0.05, 0) is 19.1 Å². The molecule has 1 aromatic carbocycles. The van der Waals surface area contributed by atoms with Crippen LogP contribution in [0.1, 0.15) is 5.69 Å². The summed E-state index contributed by atoms with van der Waals surface area (Å²) in [4.78, 5) is 19.2. The van der Waals surface area contributed by atoms with Crippen molar-refractivity contribution in [1.29, 1.82) is 0 Å². The van der Waals surface area contributed by atoms with Crippen molar-refractivity contribution in [2.24, 2.45) is 0 Å². The van der Waals surface area contributed by atoms with E-state index in [1.54, 1.807) is 19.1 Å². The fourth-order valence-corrected chi connectivity index (χ4v) is 4.79. The molecule has 190 valence electrons. The van der Waals surface area contributed by atoms with Crippen molar-refractivity contribution in [3.63, 3.8) is 0 Å². The summed E-state index contributed by atoms with van der Waals surface area (Å²) >= 11 is 6.43. The van der Waals surface area contributed by atoms with Gasteiger partial charge in [0.2, 0.25) is 11.7 Å². The van der Waals surface area contributed by atoms with E-state index < -0.39 is 29.0 Å². The number of methoxy groups -OCH3 is 2. The molecule has 3 heterocycles. The van der Waals surface area contributed by atoms with Gasteiger partial charge in [-0.1, -0.05) is 11.6 Å². The summed E-state index contributed by atoms with van der Waals surface area (Å²) in [5.41, 5.74) is 2.01. The summed E-state index contributed by atoms with van der Waals surface area (Å²) in [6.45, 7) is 0.791. The van der Waals surface area contributed by atoms with Crippen LogP contribution in [0.25, 0.3) is 22.2 Å². The highest BCUT2D eigenvalue weighted by Gasteiger charge is 2.26. The second-order valence-corrected chi connectivity index (χ2v) is 9.25. The van der Waals surface area contributed by atoms with Crippen molar-refractivity contribution in [3.8, 4) is 28.8 Å². The van der Waals surface area contributed by atoms with Crippen molar-refractivity contribution in [3.05, 3.63) is 41.4 Å². The molecule has 2 N–H and O–H groups in total. The third kappa shape index (κ3) is 4.81. The molecule has 0 unspecified atom stereocenters. The number of aromatic nitrogens is 5. The molecule has 3 aromatic heterocycles. The van der Waals surface area contributed by atoms with Crippen LogP contribution in [-0.4, -0.2) is 60.6 Å². The molecule has 4 rings (SSSR count). The van der Waals surface area contributed by atoms with Gasteiger partial charge in [-0.3, -0.25) is 9.97 Å². The highest BCUT2D eigenvalue weighted by Crippen LogP contribution is 2.38. The Morgan fingerprint density at radius 1 is 1.11 bits per heavy atom. The number of H-pyrrole nitrogens is 1. The number of aromatic amines is 1. The van der Waals surface area contributed by atoms with Gasteiger partial charge in [-0.25, -0.2) is 21.9 Å². The quantitative estimate of drug-likeness (QED) is 0.324. The summed E-state index contributed by atoms with van der Waals surface area (Å²) in [5.74, 6) is -1.33. The van der Waals surface area contributed by atoms with Gasteiger partial charge >= 0.3 is 0 Å². The van der Waals surface area contributed by atoms with E-state index in [0.29, 0.717) is 32.9 Å². The fraction of sp³-hybridized carbons (Fsp3) is 0.238. The number of ether oxygens (including phenoxy) is 3. The molecule has 36 heavy (non-hydrogen) atoms. The van der Waals surface area contributed by atoms with Gasteiger partial charge in [0, 0.05) is 29.5 Å². The monoisotopic (exact) mass is 540 g/mol. The Morgan fingerprint density at radius 3 is 2.39 bits per heavy atom. The summed E-state index contributed by atoms with van der Waals surface area (Å²) < 4.78 is 69.1. The third-order valence-electron chi connectivity index (χ3n) is 4.94. The van der Waals surface area contributed by atoms with E-state index >= 15 is 0 Å². The van der Waals surface area contributed by atoms with Crippen LogP contribution in [0.4, 0.5) is 14.7 Å². The van der Waals surface area contributed by atoms with E-state index in [1.807, 2.05) is 0 Å². The molecular weight excluding hydrogens is 522 g/mol. The summed E-state index contributed by atoms with van der Waals surface area (Å²) in [5, 5.41) is 0.671. The first kappa shape index (κ1) is 25.3. The van der Waals surface area contributed by atoms with E-state index in [0.717, 1.165) is 0 Å². The Labute approximate surface area is 208 Å². The normalized spacial score (nSPS) is 11.6. The first-order valence-corrected chi connectivity index (χ1v) is 12.0. The Kier molecular flexibility index (Phi) is 7.08. The number of alkyl halides is 2. The number of nitrogens with zero attached hydrogens (tertiary/aromatic N) is 4. The molecule has 0 saturated carbocycles. The molecule has 0 atom stereocenters. The van der Waals surface area contributed by atoms with Gasteiger partial charge in [-0.2, -0.15) is 9.97 Å². The van der Waals surface area contributed by atoms with E-state index in [4.69, 9.17) is 25.8 Å². The van der Waals surface area contributed by atoms with E-state index in [2.05, 4.69) is 29.6 Å². The lowest BCUT2D eigenvalue weighted by atomic mass is 10.1. The maximum atomic E-state index is 13.3. The van der Waals surface area contributed by atoms with Gasteiger partial charge in [0.05, 0.1) is 36.1 Å². The summed E-state index contributed by atoms with van der Waals surface area (Å²) in [6, 6.07) is 3.10. The maximum absolute atomic E-state index is 13.3. The molecular formula is C21H19ClF2N6O5S. The Morgan fingerprint density at radius 2 is 1.78 bits per heavy atom. The van der Waals surface area contributed by atoms with E-state index in [9.17, 15) is 17.2 Å². The Balaban J connectivity index is 1.76. The lowest BCUT2D eigenvalue weighted by Gasteiger charge is -2.14. The van der Waals surface area contributed by atoms with Gasteiger partial charge < -0.3 is 19.2 Å². The van der Waals surface area contributed by atoms with E-state index in [-0.39, 0.29) is 22.4 Å². The zero-order chi connectivity index (χ0) is 26.0. The zero-order valence-electron chi connectivity index (χ0n) is 19.0. The molecule has 0 aliphatic rings. The van der Waals surface area contributed by atoms with E-state index in [1.165, 1.54) is 32.8 Å². The molecule has 0 amide bonds. The first-order chi connectivity index (χ1) is 17.2. The second kappa shape index (κ2) is 10.1. The number of anilines is 1. The van der Waals surface area contributed by atoms with Gasteiger partial charge in [0.15, 0.2) is 0 Å². The maximum Gasteiger partial charge on any atom is 0.272 e. The van der Waals surface area contributed by atoms with Gasteiger partial charge in [-0.15, -0.1) is 0 Å². The van der Waals surface area contributed by atoms with Crippen molar-refractivity contribution in [2.45, 2.75) is 18.2 Å². The molecule has 15 heteroatoms. The van der Waals surface area contributed by atoms with Crippen LogP contribution in [0.5, 0.6) is 17.5 Å². The smallest absolute Gasteiger partial charge is 0.272 e. The molecule has 0 aliphatic carbocycles. The topological polar surface area (TPSA) is 141 Å². The van der Waals surface area contributed by atoms with Crippen LogP contribution in [0, 0.1) is 6.92 Å². The highest BCUT2D eigenvalue weighted by atomic mass is 35.5. The molecule has 0 fully saturated rings. The largest absolute Gasteiger partial charge is 0.478 e. The highest BCUT2D eigenvalue weighted by molar-refractivity contribution is 7.93. The number of fused-ring (bicyclic) bond motifs is 1. The molecule has 0 radical (unpaired) electrons. The fourth-order valence-electron chi connectivity index (χ4n) is 3.43. The van der Waals surface area contributed by atoms with Crippen molar-refractivity contribution in [2.75, 3.05) is 25.5 Å². The number of hydrogen-bond acceptors (Lipinski definition) is 9. The molecule has 0 aliphatic heterocycles. The van der Waals surface area contributed by atoms with Crippen LogP contribution in [0.15, 0.2) is 35.6 Å². The van der Waals surface area contributed by atoms with Gasteiger partial charge in [0.25, 0.3) is 28.2 Å². The standard InChI is InChI=1S/C21H19ClF2N6O5S/c1-10-16(26-7-6-25-10)15-12(22)5-4-11-13(8-27-17(11)15)36(31,32)30-21-28-19(33-2)18(20(29-21)34-3)35-9-14(23)24/h4-8,14,27H,9H2,1-3H3,(H,28,29,30).